The monoisotopic (exact) mass is 630 g/mol. The highest BCUT2D eigenvalue weighted by atomic mass is 16.5. The molecule has 0 aromatic heterocycles. The summed E-state index contributed by atoms with van der Waals surface area (Å²) in [5.74, 6) is 1.98. The van der Waals surface area contributed by atoms with Crippen LogP contribution in [0, 0.1) is 27.7 Å². The molecule has 0 atom stereocenters. The fourth-order valence-corrected chi connectivity index (χ4v) is 7.52. The van der Waals surface area contributed by atoms with Crippen LogP contribution in [-0.2, 0) is 5.41 Å². The molecule has 0 saturated heterocycles. The number of aryl methyl sites for hydroxylation is 4. The van der Waals surface area contributed by atoms with Gasteiger partial charge in [0.25, 0.3) is 0 Å². The number of hydrogen-bond donors (Lipinski definition) is 0. The van der Waals surface area contributed by atoms with Crippen molar-refractivity contribution in [1.82, 2.24) is 0 Å². The lowest BCUT2D eigenvalue weighted by molar-refractivity contribution is 0.294. The van der Waals surface area contributed by atoms with Gasteiger partial charge in [-0.05, 0) is 86.1 Å². The minimum atomic E-state index is -0.572. The smallest absolute Gasteiger partial charge is 0.124 e. The molecule has 1 aliphatic rings. The van der Waals surface area contributed by atoms with Crippen molar-refractivity contribution in [2.45, 2.75) is 124 Å². The Kier molecular flexibility index (Phi) is 12.2. The van der Waals surface area contributed by atoms with E-state index in [4.69, 9.17) is 9.47 Å². The fourth-order valence-electron chi connectivity index (χ4n) is 7.52. The molecule has 0 amide bonds. The van der Waals surface area contributed by atoms with Gasteiger partial charge in [0.2, 0.25) is 0 Å². The van der Waals surface area contributed by atoms with Crippen molar-refractivity contribution in [1.29, 1.82) is 0 Å². The Morgan fingerprint density at radius 2 is 0.766 bits per heavy atom. The SMILES string of the molecule is CCCCCCCCOc1cc(C)ccc1C1(c2ccc(C)cc2OCCCCCCCC)c2cc(C)ccc2-c2ccc(C)cc21. The van der Waals surface area contributed by atoms with E-state index in [1.165, 1.54) is 120 Å². The molecule has 0 aliphatic heterocycles. The lowest BCUT2D eigenvalue weighted by Crippen LogP contribution is -2.30. The van der Waals surface area contributed by atoms with Crippen LogP contribution in [0.3, 0.4) is 0 Å². The molecule has 1 aliphatic carbocycles. The highest BCUT2D eigenvalue weighted by Crippen LogP contribution is 2.60. The lowest BCUT2D eigenvalue weighted by Gasteiger charge is -2.36. The van der Waals surface area contributed by atoms with Crippen molar-refractivity contribution in [2.24, 2.45) is 0 Å². The lowest BCUT2D eigenvalue weighted by atomic mass is 9.66. The normalized spacial score (nSPS) is 13.0. The summed E-state index contributed by atoms with van der Waals surface area (Å²) in [5.41, 5.74) is 12.1. The van der Waals surface area contributed by atoms with Crippen LogP contribution in [0.15, 0.2) is 72.8 Å². The van der Waals surface area contributed by atoms with Crippen molar-refractivity contribution >= 4 is 0 Å². The molecule has 250 valence electrons. The van der Waals surface area contributed by atoms with Crippen molar-refractivity contribution in [3.8, 4) is 22.6 Å². The van der Waals surface area contributed by atoms with Gasteiger partial charge in [0.1, 0.15) is 11.5 Å². The summed E-state index contributed by atoms with van der Waals surface area (Å²) in [6.45, 7) is 14.8. The molecule has 47 heavy (non-hydrogen) atoms. The summed E-state index contributed by atoms with van der Waals surface area (Å²) in [4.78, 5) is 0. The number of unbranched alkanes of at least 4 members (excludes halogenated alkanes) is 10. The molecule has 5 rings (SSSR count). The van der Waals surface area contributed by atoms with E-state index in [2.05, 4.69) is 114 Å². The van der Waals surface area contributed by atoms with E-state index in [1.807, 2.05) is 0 Å². The quantitative estimate of drug-likeness (QED) is 0.0897. The zero-order chi connectivity index (χ0) is 33.2. The Morgan fingerprint density at radius 1 is 0.404 bits per heavy atom. The maximum absolute atomic E-state index is 6.84. The van der Waals surface area contributed by atoms with Crippen LogP contribution in [0.2, 0.25) is 0 Å². The molecule has 4 aromatic carbocycles. The van der Waals surface area contributed by atoms with Gasteiger partial charge in [0.05, 0.1) is 18.6 Å². The van der Waals surface area contributed by atoms with Crippen LogP contribution < -0.4 is 9.47 Å². The van der Waals surface area contributed by atoms with Gasteiger partial charge >= 0.3 is 0 Å². The molecule has 4 aromatic rings. The summed E-state index contributed by atoms with van der Waals surface area (Å²) < 4.78 is 13.7. The zero-order valence-electron chi connectivity index (χ0n) is 30.1. The Morgan fingerprint density at radius 3 is 1.19 bits per heavy atom. The molecule has 0 unspecified atom stereocenters. The molecule has 0 radical (unpaired) electrons. The molecule has 0 N–H and O–H groups in total. The van der Waals surface area contributed by atoms with Gasteiger partial charge in [-0.1, -0.05) is 150 Å². The van der Waals surface area contributed by atoms with Crippen molar-refractivity contribution in [3.63, 3.8) is 0 Å². The highest BCUT2D eigenvalue weighted by molar-refractivity contribution is 5.88. The number of hydrogen-bond acceptors (Lipinski definition) is 2. The van der Waals surface area contributed by atoms with Crippen LogP contribution in [0.1, 0.15) is 135 Å². The van der Waals surface area contributed by atoms with Gasteiger partial charge in [-0.2, -0.15) is 0 Å². The highest BCUT2D eigenvalue weighted by Gasteiger charge is 2.49. The van der Waals surface area contributed by atoms with Crippen LogP contribution >= 0.6 is 0 Å². The van der Waals surface area contributed by atoms with Crippen molar-refractivity contribution in [3.05, 3.63) is 117 Å². The predicted molar refractivity (Wildman–Crippen MR) is 200 cm³/mol. The van der Waals surface area contributed by atoms with E-state index < -0.39 is 5.41 Å². The topological polar surface area (TPSA) is 18.5 Å². The third-order valence-corrected chi connectivity index (χ3v) is 10.0. The van der Waals surface area contributed by atoms with Crippen LogP contribution in [0.25, 0.3) is 11.1 Å². The maximum Gasteiger partial charge on any atom is 0.124 e. The van der Waals surface area contributed by atoms with Crippen LogP contribution in [0.5, 0.6) is 11.5 Å². The second-order valence-corrected chi connectivity index (χ2v) is 14.1. The number of ether oxygens (including phenoxy) is 2. The van der Waals surface area contributed by atoms with Crippen LogP contribution in [-0.4, -0.2) is 13.2 Å². The number of rotatable bonds is 18. The van der Waals surface area contributed by atoms with E-state index >= 15 is 0 Å². The average molecular weight is 631 g/mol. The summed E-state index contributed by atoms with van der Waals surface area (Å²) in [6.07, 6.45) is 15.0. The van der Waals surface area contributed by atoms with E-state index in [-0.39, 0.29) is 0 Å². The second-order valence-electron chi connectivity index (χ2n) is 14.1. The first-order chi connectivity index (χ1) is 22.9. The van der Waals surface area contributed by atoms with Gasteiger partial charge < -0.3 is 9.47 Å². The maximum atomic E-state index is 6.84. The summed E-state index contributed by atoms with van der Waals surface area (Å²) in [5, 5.41) is 0. The van der Waals surface area contributed by atoms with Gasteiger partial charge in [0.15, 0.2) is 0 Å². The molecule has 2 nitrogen and oxygen atoms in total. The van der Waals surface area contributed by atoms with Gasteiger partial charge in [0, 0.05) is 11.1 Å². The largest absolute Gasteiger partial charge is 0.493 e. The molecule has 0 saturated carbocycles. The first-order valence-electron chi connectivity index (χ1n) is 18.6. The van der Waals surface area contributed by atoms with Crippen molar-refractivity contribution in [2.75, 3.05) is 13.2 Å². The summed E-state index contributed by atoms with van der Waals surface area (Å²) in [7, 11) is 0. The summed E-state index contributed by atoms with van der Waals surface area (Å²) in [6, 6.07) is 27.8. The van der Waals surface area contributed by atoms with Crippen molar-refractivity contribution < 1.29 is 9.47 Å². The second kappa shape index (κ2) is 16.5. The predicted octanol–water partition coefficient (Wildman–Crippen LogP) is 12.8. The molecule has 0 fully saturated rings. The van der Waals surface area contributed by atoms with E-state index in [0.717, 1.165) is 37.6 Å². The first kappa shape index (κ1) is 34.8. The Bertz CT molecular complexity index is 1490. The Hall–Kier alpha value is -3.52. The molecule has 0 bridgehead atoms. The van der Waals surface area contributed by atoms with E-state index in [9.17, 15) is 0 Å². The third-order valence-electron chi connectivity index (χ3n) is 10.0. The minimum Gasteiger partial charge on any atom is -0.493 e. The molecular weight excluding hydrogens is 572 g/mol. The zero-order valence-corrected chi connectivity index (χ0v) is 30.1. The number of fused-ring (bicyclic) bond motifs is 3. The van der Waals surface area contributed by atoms with E-state index in [1.54, 1.807) is 0 Å². The van der Waals surface area contributed by atoms with Gasteiger partial charge in [-0.25, -0.2) is 0 Å². The molecular formula is C45H58O2. The number of benzene rings is 4. The van der Waals surface area contributed by atoms with Gasteiger partial charge in [-0.3, -0.25) is 0 Å². The van der Waals surface area contributed by atoms with E-state index in [0.29, 0.717) is 0 Å². The fraction of sp³-hybridized carbons (Fsp3) is 0.467. The average Bonchev–Trinajstić information content (AvgIpc) is 3.33. The molecule has 2 heteroatoms. The van der Waals surface area contributed by atoms with Gasteiger partial charge in [-0.15, -0.1) is 0 Å². The van der Waals surface area contributed by atoms with Crippen LogP contribution in [0.4, 0.5) is 0 Å². The summed E-state index contributed by atoms with van der Waals surface area (Å²) >= 11 is 0. The minimum absolute atomic E-state index is 0.572. The standard InChI is InChI=1S/C45H58O2/c1-7-9-11-13-15-17-27-46-43-31-35(5)21-25-39(43)45(40-26-22-36(6)32-44(40)47-28-18-16-14-12-10-8-2)41-29-33(3)19-23-37(41)38-24-20-34(4)30-42(38)45/h19-26,29-32H,7-18,27-28H2,1-6H3. The third kappa shape index (κ3) is 7.80. The first-order valence-corrected chi connectivity index (χ1v) is 18.6. The Labute approximate surface area is 285 Å². The Balaban J connectivity index is 1.64. The molecule has 0 heterocycles. The molecule has 0 spiro atoms.